The third kappa shape index (κ3) is 4.13. The van der Waals surface area contributed by atoms with Crippen molar-refractivity contribution in [2.45, 2.75) is 20.8 Å². The molecule has 0 bridgehead atoms. The van der Waals surface area contributed by atoms with E-state index in [1.165, 1.54) is 29.5 Å². The Kier molecular flexibility index (Phi) is 5.24. The molecule has 0 unspecified atom stereocenters. The molecular formula is C15H15N3O5S. The van der Waals surface area contributed by atoms with E-state index in [1.54, 1.807) is 20.8 Å². The summed E-state index contributed by atoms with van der Waals surface area (Å²) in [4.78, 5) is 38.5. The molecule has 24 heavy (non-hydrogen) atoms. The molecule has 8 nitrogen and oxygen atoms in total. The van der Waals surface area contributed by atoms with E-state index in [2.05, 4.69) is 10.3 Å². The summed E-state index contributed by atoms with van der Waals surface area (Å²) < 4.78 is 4.96. The average molecular weight is 349 g/mol. The Morgan fingerprint density at radius 1 is 1.33 bits per heavy atom. The molecule has 9 heteroatoms. The lowest BCUT2D eigenvalue weighted by Gasteiger charge is -2.08. The predicted octanol–water partition coefficient (Wildman–Crippen LogP) is 2.77. The number of carbonyl (C=O) groups is 2. The highest BCUT2D eigenvalue weighted by Crippen LogP contribution is 2.22. The number of nitrogens with one attached hydrogen (secondary N) is 1. The lowest BCUT2D eigenvalue weighted by molar-refractivity contribution is -0.384. The number of thiazole rings is 1. The quantitative estimate of drug-likeness (QED) is 0.505. The molecule has 0 saturated heterocycles. The Morgan fingerprint density at radius 3 is 2.62 bits per heavy atom. The first-order valence-electron chi connectivity index (χ1n) is 6.94. The number of aromatic nitrogens is 1. The number of hydrogen-bond donors (Lipinski definition) is 1. The second-order valence-corrected chi connectivity index (χ2v) is 6.23. The third-order valence-corrected chi connectivity index (χ3v) is 4.18. The number of anilines is 1. The van der Waals surface area contributed by atoms with Crippen molar-refractivity contribution >= 4 is 34.6 Å². The summed E-state index contributed by atoms with van der Waals surface area (Å²) in [5, 5.41) is 14.0. The first-order valence-corrected chi connectivity index (χ1v) is 7.75. The molecule has 1 N–H and O–H groups in total. The number of benzene rings is 1. The molecule has 1 aromatic carbocycles. The normalized spacial score (nSPS) is 10.3. The van der Waals surface area contributed by atoms with Crippen LogP contribution in [-0.2, 0) is 9.53 Å². The van der Waals surface area contributed by atoms with Crippen molar-refractivity contribution in [3.05, 3.63) is 49.5 Å². The molecule has 1 heterocycles. The van der Waals surface area contributed by atoms with Gasteiger partial charge in [-0.1, -0.05) is 6.07 Å². The maximum absolute atomic E-state index is 11.9. The van der Waals surface area contributed by atoms with Crippen molar-refractivity contribution in [2.24, 2.45) is 0 Å². The summed E-state index contributed by atoms with van der Waals surface area (Å²) in [6, 6.07) is 4.13. The van der Waals surface area contributed by atoms with Gasteiger partial charge in [0, 0.05) is 12.1 Å². The molecule has 0 saturated carbocycles. The van der Waals surface area contributed by atoms with Gasteiger partial charge in [-0.05, 0) is 26.3 Å². The van der Waals surface area contributed by atoms with Gasteiger partial charge in [0.15, 0.2) is 6.61 Å². The molecule has 2 aromatic rings. The minimum absolute atomic E-state index is 0.136. The Morgan fingerprint density at radius 2 is 2.04 bits per heavy atom. The van der Waals surface area contributed by atoms with Crippen molar-refractivity contribution in [3.8, 4) is 0 Å². The summed E-state index contributed by atoms with van der Waals surface area (Å²) in [7, 11) is 0. The number of aryl methyl sites for hydroxylation is 3. The number of hydrogen-bond acceptors (Lipinski definition) is 7. The lowest BCUT2D eigenvalue weighted by Crippen LogP contribution is -2.21. The minimum Gasteiger partial charge on any atom is -0.451 e. The van der Waals surface area contributed by atoms with E-state index in [0.29, 0.717) is 21.8 Å². The zero-order valence-corrected chi connectivity index (χ0v) is 14.1. The second-order valence-electron chi connectivity index (χ2n) is 5.03. The number of ether oxygens (including phenoxy) is 1. The van der Waals surface area contributed by atoms with Crippen LogP contribution in [0.2, 0.25) is 0 Å². The maximum Gasteiger partial charge on any atom is 0.350 e. The van der Waals surface area contributed by atoms with Gasteiger partial charge in [0.25, 0.3) is 11.6 Å². The summed E-state index contributed by atoms with van der Waals surface area (Å²) in [6.07, 6.45) is 0. The number of nitro groups is 1. The topological polar surface area (TPSA) is 111 Å². The lowest BCUT2D eigenvalue weighted by atomic mass is 10.2. The number of carbonyl (C=O) groups excluding carboxylic acids is 2. The highest BCUT2D eigenvalue weighted by atomic mass is 32.1. The molecule has 0 atom stereocenters. The van der Waals surface area contributed by atoms with E-state index < -0.39 is 23.4 Å². The van der Waals surface area contributed by atoms with Crippen LogP contribution < -0.4 is 5.32 Å². The summed E-state index contributed by atoms with van der Waals surface area (Å²) in [5.41, 5.74) is 1.38. The predicted molar refractivity (Wildman–Crippen MR) is 88.3 cm³/mol. The monoisotopic (exact) mass is 349 g/mol. The van der Waals surface area contributed by atoms with Crippen LogP contribution in [0.5, 0.6) is 0 Å². The zero-order valence-electron chi connectivity index (χ0n) is 13.3. The molecule has 0 aliphatic carbocycles. The van der Waals surface area contributed by atoms with Crippen LogP contribution in [0.1, 0.15) is 25.9 Å². The fraction of sp³-hybridized carbons (Fsp3) is 0.267. The van der Waals surface area contributed by atoms with Gasteiger partial charge in [-0.3, -0.25) is 14.9 Å². The van der Waals surface area contributed by atoms with Gasteiger partial charge in [-0.15, -0.1) is 11.3 Å². The molecule has 0 radical (unpaired) electrons. The summed E-state index contributed by atoms with van der Waals surface area (Å²) >= 11 is 1.19. The van der Waals surface area contributed by atoms with E-state index in [9.17, 15) is 19.7 Å². The van der Waals surface area contributed by atoms with Crippen molar-refractivity contribution in [2.75, 3.05) is 11.9 Å². The fourth-order valence-electron chi connectivity index (χ4n) is 1.96. The van der Waals surface area contributed by atoms with E-state index in [0.717, 1.165) is 5.01 Å². The zero-order chi connectivity index (χ0) is 17.9. The first-order chi connectivity index (χ1) is 11.3. The Bertz CT molecular complexity index is 815. The van der Waals surface area contributed by atoms with Gasteiger partial charge < -0.3 is 10.1 Å². The van der Waals surface area contributed by atoms with Crippen LogP contribution in [0.15, 0.2) is 18.2 Å². The van der Waals surface area contributed by atoms with Crippen molar-refractivity contribution < 1.29 is 19.2 Å². The van der Waals surface area contributed by atoms with Crippen LogP contribution in [0.4, 0.5) is 11.4 Å². The van der Waals surface area contributed by atoms with E-state index in [4.69, 9.17) is 4.74 Å². The third-order valence-electron chi connectivity index (χ3n) is 3.13. The molecule has 0 aliphatic rings. The van der Waals surface area contributed by atoms with Crippen molar-refractivity contribution in [1.29, 1.82) is 0 Å². The van der Waals surface area contributed by atoms with Crippen LogP contribution >= 0.6 is 11.3 Å². The van der Waals surface area contributed by atoms with Gasteiger partial charge in [0.1, 0.15) is 4.88 Å². The van der Waals surface area contributed by atoms with Crippen molar-refractivity contribution in [1.82, 2.24) is 4.98 Å². The standard InChI is InChI=1S/C15H15N3O5S/c1-8-4-5-11(18(21)22)6-12(8)17-13(19)7-23-15(20)14-9(2)16-10(3)24-14/h4-6H,7H2,1-3H3,(H,17,19). The average Bonchev–Trinajstić information content (AvgIpc) is 2.85. The number of nitrogens with zero attached hydrogens (tertiary/aromatic N) is 2. The molecule has 1 aromatic heterocycles. The van der Waals surface area contributed by atoms with E-state index in [-0.39, 0.29) is 5.69 Å². The van der Waals surface area contributed by atoms with Crippen LogP contribution in [0, 0.1) is 30.9 Å². The summed E-state index contributed by atoms with van der Waals surface area (Å²) in [5.74, 6) is -1.20. The molecule has 0 aliphatic heterocycles. The van der Waals surface area contributed by atoms with Gasteiger partial charge in [-0.25, -0.2) is 9.78 Å². The van der Waals surface area contributed by atoms with Gasteiger partial charge in [0.2, 0.25) is 0 Å². The smallest absolute Gasteiger partial charge is 0.350 e. The van der Waals surface area contributed by atoms with E-state index in [1.807, 2.05) is 0 Å². The van der Waals surface area contributed by atoms with Crippen LogP contribution in [0.25, 0.3) is 0 Å². The number of amides is 1. The number of rotatable bonds is 5. The van der Waals surface area contributed by atoms with Gasteiger partial charge in [-0.2, -0.15) is 0 Å². The van der Waals surface area contributed by atoms with Crippen molar-refractivity contribution in [3.63, 3.8) is 0 Å². The SMILES string of the molecule is Cc1nc(C)c(C(=O)OCC(=O)Nc2cc([N+](=O)[O-])ccc2C)s1. The molecule has 126 valence electrons. The van der Waals surface area contributed by atoms with Gasteiger partial charge in [0.05, 0.1) is 21.3 Å². The highest BCUT2D eigenvalue weighted by Gasteiger charge is 2.17. The summed E-state index contributed by atoms with van der Waals surface area (Å²) in [6.45, 7) is 4.67. The van der Waals surface area contributed by atoms with Gasteiger partial charge >= 0.3 is 5.97 Å². The Hall–Kier alpha value is -2.81. The molecular weight excluding hydrogens is 334 g/mol. The minimum atomic E-state index is -0.621. The largest absolute Gasteiger partial charge is 0.451 e. The highest BCUT2D eigenvalue weighted by molar-refractivity contribution is 7.13. The first kappa shape index (κ1) is 17.5. The van der Waals surface area contributed by atoms with Crippen LogP contribution in [-0.4, -0.2) is 28.4 Å². The molecule has 1 amide bonds. The van der Waals surface area contributed by atoms with E-state index >= 15 is 0 Å². The second kappa shape index (κ2) is 7.18. The maximum atomic E-state index is 11.9. The molecule has 0 fully saturated rings. The number of esters is 1. The number of nitro benzene ring substituents is 1. The Labute approximate surface area is 141 Å². The molecule has 0 spiro atoms. The fourth-order valence-corrected chi connectivity index (χ4v) is 2.78. The Balaban J connectivity index is 1.99. The molecule has 2 rings (SSSR count). The number of non-ortho nitro benzene ring substituents is 1. The van der Waals surface area contributed by atoms with Crippen LogP contribution in [0.3, 0.4) is 0 Å².